The number of ether oxygens (including phenoxy) is 1. The highest BCUT2D eigenvalue weighted by molar-refractivity contribution is 7.92. The largest absolute Gasteiger partial charge is 0.494 e. The van der Waals surface area contributed by atoms with Gasteiger partial charge in [-0.05, 0) is 62.9 Å². The van der Waals surface area contributed by atoms with Crippen molar-refractivity contribution in [3.05, 3.63) is 59.7 Å². The van der Waals surface area contributed by atoms with Gasteiger partial charge in [0, 0.05) is 12.6 Å². The van der Waals surface area contributed by atoms with Gasteiger partial charge < -0.3 is 15.0 Å². The van der Waals surface area contributed by atoms with Crippen molar-refractivity contribution in [3.8, 4) is 5.75 Å². The maximum Gasteiger partial charge on any atom is 0.244 e. The Morgan fingerprint density at radius 1 is 1.05 bits per heavy atom. The van der Waals surface area contributed by atoms with Crippen LogP contribution in [0, 0.1) is 6.92 Å². The first-order valence-electron chi connectivity index (χ1n) is 13.5. The fraction of sp³-hybridized carbons (Fsp3) is 0.517. The van der Waals surface area contributed by atoms with Gasteiger partial charge in [-0.25, -0.2) is 8.42 Å². The maximum absolute atomic E-state index is 13.8. The molecule has 0 aliphatic heterocycles. The van der Waals surface area contributed by atoms with Crippen LogP contribution in [0.3, 0.4) is 0 Å². The number of carbonyl (C=O) groups is 2. The Morgan fingerprint density at radius 2 is 1.74 bits per heavy atom. The predicted molar refractivity (Wildman–Crippen MR) is 151 cm³/mol. The van der Waals surface area contributed by atoms with E-state index >= 15 is 0 Å². The van der Waals surface area contributed by atoms with Crippen molar-refractivity contribution >= 4 is 27.5 Å². The van der Waals surface area contributed by atoms with Gasteiger partial charge in [-0.2, -0.15) is 0 Å². The van der Waals surface area contributed by atoms with Gasteiger partial charge in [0.2, 0.25) is 21.8 Å². The van der Waals surface area contributed by atoms with Crippen LogP contribution in [0.2, 0.25) is 0 Å². The highest BCUT2D eigenvalue weighted by Crippen LogP contribution is 2.23. The zero-order valence-electron chi connectivity index (χ0n) is 23.0. The molecule has 0 aromatic heterocycles. The van der Waals surface area contributed by atoms with Gasteiger partial charge in [-0.3, -0.25) is 13.9 Å². The SMILES string of the molecule is CCOc1ccc(N(CC(=O)N(Cc2cccc(C)c2)[C@H](CC)C(=O)NC2CCCCC2)S(C)(=O)=O)cc1. The summed E-state index contributed by atoms with van der Waals surface area (Å²) in [5, 5.41) is 3.16. The van der Waals surface area contributed by atoms with E-state index in [0.29, 0.717) is 24.5 Å². The summed E-state index contributed by atoms with van der Waals surface area (Å²) in [5.41, 5.74) is 2.29. The molecule has 1 aliphatic carbocycles. The van der Waals surface area contributed by atoms with Gasteiger partial charge >= 0.3 is 0 Å². The van der Waals surface area contributed by atoms with E-state index in [4.69, 9.17) is 4.74 Å². The van der Waals surface area contributed by atoms with Crippen LogP contribution < -0.4 is 14.4 Å². The molecule has 1 N–H and O–H groups in total. The van der Waals surface area contributed by atoms with Gasteiger partial charge in [-0.1, -0.05) is 56.0 Å². The Kier molecular flexibility index (Phi) is 10.6. The van der Waals surface area contributed by atoms with Crippen LogP contribution in [0.1, 0.15) is 63.5 Å². The number of benzene rings is 2. The van der Waals surface area contributed by atoms with Crippen molar-refractivity contribution in [1.82, 2.24) is 10.2 Å². The number of sulfonamides is 1. The molecule has 0 unspecified atom stereocenters. The second kappa shape index (κ2) is 13.6. The summed E-state index contributed by atoms with van der Waals surface area (Å²) < 4.78 is 32.1. The van der Waals surface area contributed by atoms with E-state index in [1.807, 2.05) is 45.0 Å². The normalized spacial score (nSPS) is 14.9. The summed E-state index contributed by atoms with van der Waals surface area (Å²) >= 11 is 0. The van der Waals surface area contributed by atoms with E-state index in [1.54, 1.807) is 24.3 Å². The summed E-state index contributed by atoms with van der Waals surface area (Å²) in [4.78, 5) is 28.8. The molecule has 0 saturated heterocycles. The minimum Gasteiger partial charge on any atom is -0.494 e. The molecule has 3 rings (SSSR count). The summed E-state index contributed by atoms with van der Waals surface area (Å²) in [7, 11) is -3.78. The first kappa shape index (κ1) is 29.5. The van der Waals surface area contributed by atoms with E-state index in [9.17, 15) is 18.0 Å². The molecule has 208 valence electrons. The summed E-state index contributed by atoms with van der Waals surface area (Å²) in [6.07, 6.45) is 6.71. The topological polar surface area (TPSA) is 96.0 Å². The quantitative estimate of drug-likeness (QED) is 0.428. The molecule has 38 heavy (non-hydrogen) atoms. The molecule has 0 radical (unpaired) electrons. The molecule has 1 aliphatic rings. The Morgan fingerprint density at radius 3 is 2.32 bits per heavy atom. The number of rotatable bonds is 12. The molecule has 1 atom stereocenters. The Bertz CT molecular complexity index is 1180. The number of anilines is 1. The lowest BCUT2D eigenvalue weighted by atomic mass is 9.95. The molecule has 8 nitrogen and oxygen atoms in total. The molecule has 2 amide bonds. The first-order valence-corrected chi connectivity index (χ1v) is 15.3. The minimum atomic E-state index is -3.78. The van der Waals surface area contributed by atoms with Crippen LogP contribution in [-0.2, 0) is 26.2 Å². The molecule has 9 heteroatoms. The summed E-state index contributed by atoms with van der Waals surface area (Å²) in [5.74, 6) is -0.00799. The summed E-state index contributed by atoms with van der Waals surface area (Å²) in [6, 6.07) is 13.8. The fourth-order valence-electron chi connectivity index (χ4n) is 4.96. The van der Waals surface area contributed by atoms with Crippen molar-refractivity contribution in [2.45, 2.75) is 77.9 Å². The van der Waals surface area contributed by atoms with Crippen molar-refractivity contribution in [1.29, 1.82) is 0 Å². The van der Waals surface area contributed by atoms with Crippen molar-refractivity contribution < 1.29 is 22.7 Å². The molecule has 2 aromatic carbocycles. The van der Waals surface area contributed by atoms with Crippen LogP contribution in [0.15, 0.2) is 48.5 Å². The Balaban J connectivity index is 1.89. The van der Waals surface area contributed by atoms with E-state index in [1.165, 1.54) is 11.3 Å². The number of hydrogen-bond acceptors (Lipinski definition) is 5. The number of hydrogen-bond donors (Lipinski definition) is 1. The predicted octanol–water partition coefficient (Wildman–Crippen LogP) is 4.42. The zero-order valence-corrected chi connectivity index (χ0v) is 23.8. The molecule has 0 heterocycles. The van der Waals surface area contributed by atoms with E-state index in [2.05, 4.69) is 5.32 Å². The number of nitrogens with zero attached hydrogens (tertiary/aromatic N) is 2. The third-order valence-electron chi connectivity index (χ3n) is 6.89. The average molecular weight is 544 g/mol. The molecule has 2 aromatic rings. The number of amides is 2. The average Bonchev–Trinajstić information content (AvgIpc) is 2.88. The van der Waals surface area contributed by atoms with Gasteiger partial charge in [-0.15, -0.1) is 0 Å². The van der Waals surface area contributed by atoms with Crippen LogP contribution >= 0.6 is 0 Å². The number of carbonyl (C=O) groups excluding carboxylic acids is 2. The number of nitrogens with one attached hydrogen (secondary N) is 1. The van der Waals surface area contributed by atoms with Crippen LogP contribution in [0.25, 0.3) is 0 Å². The first-order chi connectivity index (χ1) is 18.1. The fourth-order valence-corrected chi connectivity index (χ4v) is 5.81. The summed E-state index contributed by atoms with van der Waals surface area (Å²) in [6.45, 7) is 6.00. The third kappa shape index (κ3) is 8.21. The molecule has 0 spiro atoms. The van der Waals surface area contributed by atoms with Crippen LogP contribution in [0.5, 0.6) is 5.75 Å². The second-order valence-corrected chi connectivity index (χ2v) is 11.9. The zero-order chi connectivity index (χ0) is 27.7. The monoisotopic (exact) mass is 543 g/mol. The Hall–Kier alpha value is -3.07. The molecular weight excluding hydrogens is 502 g/mol. The lowest BCUT2D eigenvalue weighted by Crippen LogP contribution is -2.53. The van der Waals surface area contributed by atoms with E-state index in [0.717, 1.165) is 47.4 Å². The van der Waals surface area contributed by atoms with Crippen molar-refractivity contribution in [2.24, 2.45) is 0 Å². The highest BCUT2D eigenvalue weighted by Gasteiger charge is 2.32. The minimum absolute atomic E-state index is 0.109. The Labute approximate surface area is 227 Å². The second-order valence-electron chi connectivity index (χ2n) is 9.97. The van der Waals surface area contributed by atoms with Crippen LogP contribution in [-0.4, -0.2) is 56.6 Å². The highest BCUT2D eigenvalue weighted by atomic mass is 32.2. The third-order valence-corrected chi connectivity index (χ3v) is 8.03. The lowest BCUT2D eigenvalue weighted by Gasteiger charge is -2.34. The van der Waals surface area contributed by atoms with Gasteiger partial charge in [0.05, 0.1) is 18.6 Å². The van der Waals surface area contributed by atoms with Gasteiger partial charge in [0.15, 0.2) is 0 Å². The van der Waals surface area contributed by atoms with E-state index in [-0.39, 0.29) is 18.5 Å². The molecule has 0 bridgehead atoms. The lowest BCUT2D eigenvalue weighted by molar-refractivity contribution is -0.140. The van der Waals surface area contributed by atoms with Gasteiger partial charge in [0.1, 0.15) is 18.3 Å². The molecular formula is C29H41N3O5S. The smallest absolute Gasteiger partial charge is 0.244 e. The maximum atomic E-state index is 13.8. The van der Waals surface area contributed by atoms with Crippen molar-refractivity contribution in [2.75, 3.05) is 23.7 Å². The standard InChI is InChI=1S/C29H41N3O5S/c1-5-27(29(34)30-24-13-8-7-9-14-24)31(20-23-12-10-11-22(3)19-23)28(33)21-32(38(4,35)36)25-15-17-26(18-16-25)37-6-2/h10-12,15-19,24,27H,5-9,13-14,20-21H2,1-4H3,(H,30,34)/t27-/m1/s1. The molecule has 1 fully saturated rings. The van der Waals surface area contributed by atoms with Crippen molar-refractivity contribution in [3.63, 3.8) is 0 Å². The van der Waals surface area contributed by atoms with Crippen LogP contribution in [0.4, 0.5) is 5.69 Å². The number of aryl methyl sites for hydroxylation is 1. The molecule has 1 saturated carbocycles. The van der Waals surface area contributed by atoms with Gasteiger partial charge in [0.25, 0.3) is 0 Å². The van der Waals surface area contributed by atoms with E-state index < -0.39 is 28.5 Å².